The molecular formula is C74H124N12O9. The number of carboxylic acid groups (broad SMARTS) is 1. The van der Waals surface area contributed by atoms with E-state index in [4.69, 9.17) is 19.4 Å². The quantitative estimate of drug-likeness (QED) is 0.0160. The number of nitrogens with zero attached hydrogens (tertiary/aromatic N) is 8. The second-order valence-electron chi connectivity index (χ2n) is 29.3. The molecule has 1 unspecified atom stereocenters. The highest BCUT2D eigenvalue weighted by Gasteiger charge is 2.56. The van der Waals surface area contributed by atoms with Gasteiger partial charge in [0.15, 0.2) is 0 Å². The summed E-state index contributed by atoms with van der Waals surface area (Å²) in [4.78, 5) is 36.4. The van der Waals surface area contributed by atoms with E-state index in [0.717, 1.165) is 69.9 Å². The Labute approximate surface area is 571 Å². The van der Waals surface area contributed by atoms with Crippen molar-refractivity contribution in [3.63, 3.8) is 0 Å². The third-order valence-electron chi connectivity index (χ3n) is 17.9. The Kier molecular flexibility index (Phi) is 33.1. The Morgan fingerprint density at radius 2 is 0.884 bits per heavy atom. The van der Waals surface area contributed by atoms with Gasteiger partial charge in [-0.3, -0.25) is 24.1 Å². The van der Waals surface area contributed by atoms with Crippen LogP contribution >= 0.6 is 0 Å². The molecule has 21 nitrogen and oxygen atoms in total. The van der Waals surface area contributed by atoms with Gasteiger partial charge < -0.3 is 42.1 Å². The number of nitrogens with one attached hydrogen (secondary N) is 4. The van der Waals surface area contributed by atoms with Gasteiger partial charge in [0.1, 0.15) is 23.3 Å². The Bertz CT molecular complexity index is 2800. The predicted octanol–water partition coefficient (Wildman–Crippen LogP) is 11.7. The standard InChI is InChI=1S/C20H33N3O3.C20H31N3O.C19H31N3O2.C15H29N3O3/c1-16(2)10-20(11-18(25)13-24)14-19(3,15-22-21-4)26-23(20)12-17-8-6-5-7-9-17;1-6-12-20(13-17(2)3)15-19(4,16-22-21-5)24-23(20)14-18-10-8-7-9-11-18;1-16(2)12-19(10-11-23)14-18(3,15-21-20-4)24-22(19)13-17-8-6-5-7-9-17;1-6-14(4)11-15(9-12(2)3,7-8-17-16-5)18(21-14)10-13(19)20/h5-9,15-16,18,21,24-25H,10-14H2,1-4H3;6-11,16-17,21H,1,12-15H2,2-5H3;5-9,15-16,20,23H,10-14H2,1-4H3;8,12,16H,6-7,9-11H2,1-5H3,(H,19,20)/b22-15-;22-16-;21-15-;17-8-/t18?,19-,20+;19-,20-;18-,19-;14-,15+/m1110/s1. The number of carboxylic acids is 1. The number of carbonyl (C=O) groups is 1. The van der Waals surface area contributed by atoms with Gasteiger partial charge in [-0.25, -0.2) is 0 Å². The maximum atomic E-state index is 11.2. The van der Waals surface area contributed by atoms with Crippen molar-refractivity contribution < 1.29 is 44.6 Å². The van der Waals surface area contributed by atoms with E-state index >= 15 is 0 Å². The molecule has 9 atom stereocenters. The first-order valence-electron chi connectivity index (χ1n) is 34.5. The lowest BCUT2D eigenvalue weighted by Gasteiger charge is -2.39. The Hall–Kier alpha value is -5.69. The number of hydrogen-bond donors (Lipinski definition) is 8. The molecule has 0 aromatic heterocycles. The molecule has 95 heavy (non-hydrogen) atoms. The lowest BCUT2D eigenvalue weighted by molar-refractivity contribution is -0.222. The lowest BCUT2D eigenvalue weighted by Crippen LogP contribution is -2.46. The monoisotopic (exact) mass is 1320 g/mol. The molecule has 4 aliphatic heterocycles. The molecule has 0 saturated carbocycles. The maximum absolute atomic E-state index is 11.2. The van der Waals surface area contributed by atoms with Crippen LogP contribution in [0.1, 0.15) is 190 Å². The van der Waals surface area contributed by atoms with Crippen LogP contribution in [0.25, 0.3) is 0 Å². The van der Waals surface area contributed by atoms with Gasteiger partial charge in [-0.15, -0.1) is 6.58 Å². The summed E-state index contributed by atoms with van der Waals surface area (Å²) in [5, 5.41) is 63.2. The average Bonchev–Trinajstić information content (AvgIpc) is 1.65. The van der Waals surface area contributed by atoms with Crippen molar-refractivity contribution in [1.82, 2.24) is 42.0 Å². The van der Waals surface area contributed by atoms with Crippen LogP contribution < -0.4 is 21.7 Å². The summed E-state index contributed by atoms with van der Waals surface area (Å²) in [6.07, 6.45) is 19.2. The molecule has 534 valence electrons. The molecule has 0 aliphatic carbocycles. The third-order valence-corrected chi connectivity index (χ3v) is 17.9. The van der Waals surface area contributed by atoms with Crippen LogP contribution in [-0.2, 0) is 43.8 Å². The lowest BCUT2D eigenvalue weighted by atomic mass is 9.77. The highest BCUT2D eigenvalue weighted by Crippen LogP contribution is 2.49. The highest BCUT2D eigenvalue weighted by molar-refractivity contribution is 5.70. The van der Waals surface area contributed by atoms with Gasteiger partial charge in [-0.1, -0.05) is 159 Å². The fourth-order valence-corrected chi connectivity index (χ4v) is 14.8. The van der Waals surface area contributed by atoms with Crippen molar-refractivity contribution in [2.45, 2.75) is 244 Å². The van der Waals surface area contributed by atoms with Crippen molar-refractivity contribution in [3.05, 3.63) is 120 Å². The fraction of sp³-hybridized carbons (Fsp3) is 0.662. The van der Waals surface area contributed by atoms with E-state index in [-0.39, 0.29) is 47.5 Å². The largest absolute Gasteiger partial charge is 0.480 e. The van der Waals surface area contributed by atoms with E-state index in [0.29, 0.717) is 62.4 Å². The number of benzene rings is 3. The van der Waals surface area contributed by atoms with Gasteiger partial charge in [0.25, 0.3) is 0 Å². The number of aliphatic hydroxyl groups is 3. The molecule has 4 aliphatic rings. The Balaban J connectivity index is 0.000000270. The molecule has 0 spiro atoms. The zero-order chi connectivity index (χ0) is 70.6. The predicted molar refractivity (Wildman–Crippen MR) is 385 cm³/mol. The van der Waals surface area contributed by atoms with Crippen molar-refractivity contribution in [3.8, 4) is 0 Å². The minimum atomic E-state index is -0.867. The molecule has 4 heterocycles. The van der Waals surface area contributed by atoms with E-state index in [9.17, 15) is 25.2 Å². The summed E-state index contributed by atoms with van der Waals surface area (Å²) in [6, 6.07) is 31.0. The van der Waals surface area contributed by atoms with Crippen molar-refractivity contribution in [2.75, 3.05) is 47.9 Å². The van der Waals surface area contributed by atoms with E-state index in [2.05, 4.69) is 190 Å². The molecule has 8 N–H and O–H groups in total. The maximum Gasteiger partial charge on any atom is 0.320 e. The molecule has 0 amide bonds. The number of hydrazone groups is 4. The second kappa shape index (κ2) is 38.5. The fourth-order valence-electron chi connectivity index (χ4n) is 14.8. The van der Waals surface area contributed by atoms with E-state index in [1.165, 1.54) is 11.1 Å². The zero-order valence-corrected chi connectivity index (χ0v) is 61.0. The van der Waals surface area contributed by atoms with Crippen molar-refractivity contribution in [1.29, 1.82) is 0 Å². The van der Waals surface area contributed by atoms with Crippen LogP contribution in [0.3, 0.4) is 0 Å². The number of hydrogen-bond acceptors (Lipinski definition) is 20. The van der Waals surface area contributed by atoms with Crippen LogP contribution in [-0.4, -0.2) is 170 Å². The van der Waals surface area contributed by atoms with Gasteiger partial charge in [-0.2, -0.15) is 40.7 Å². The summed E-state index contributed by atoms with van der Waals surface area (Å²) in [5.41, 5.74) is 12.1. The topological polar surface area (TPSA) is 245 Å². The van der Waals surface area contributed by atoms with Crippen LogP contribution in [0, 0.1) is 23.7 Å². The normalized spacial score (nSPS) is 28.5. The van der Waals surface area contributed by atoms with Crippen molar-refractivity contribution >= 4 is 30.8 Å². The van der Waals surface area contributed by atoms with Crippen LogP contribution in [0.4, 0.5) is 0 Å². The van der Waals surface area contributed by atoms with Gasteiger partial charge in [0.2, 0.25) is 0 Å². The number of rotatable bonds is 33. The Morgan fingerprint density at radius 3 is 1.24 bits per heavy atom. The zero-order valence-electron chi connectivity index (χ0n) is 61.0. The van der Waals surface area contributed by atoms with E-state index in [1.807, 2.05) is 86.2 Å². The highest BCUT2D eigenvalue weighted by atomic mass is 16.7. The number of hydroxylamine groups is 8. The molecule has 0 bridgehead atoms. The Morgan fingerprint density at radius 1 is 0.526 bits per heavy atom. The summed E-state index contributed by atoms with van der Waals surface area (Å²) < 4.78 is 0. The summed E-state index contributed by atoms with van der Waals surface area (Å²) >= 11 is 0. The van der Waals surface area contributed by atoms with Crippen LogP contribution in [0.5, 0.6) is 0 Å². The van der Waals surface area contributed by atoms with Crippen LogP contribution in [0.15, 0.2) is 124 Å². The molecular weight excluding hydrogens is 1200 g/mol. The second-order valence-corrected chi connectivity index (χ2v) is 29.3. The van der Waals surface area contributed by atoms with Crippen molar-refractivity contribution in [2.24, 2.45) is 44.1 Å². The first-order valence-corrected chi connectivity index (χ1v) is 34.5. The van der Waals surface area contributed by atoms with Gasteiger partial charge in [0, 0.05) is 86.3 Å². The summed E-state index contributed by atoms with van der Waals surface area (Å²) in [6.45, 7) is 33.8. The van der Waals surface area contributed by atoms with Gasteiger partial charge in [-0.05, 0) is 126 Å². The van der Waals surface area contributed by atoms with E-state index < -0.39 is 28.9 Å². The third kappa shape index (κ3) is 25.3. The number of aliphatic carboxylic acids is 1. The molecule has 21 heteroatoms. The summed E-state index contributed by atoms with van der Waals surface area (Å²) in [5.74, 6) is 1.10. The smallest absolute Gasteiger partial charge is 0.320 e. The molecule has 4 saturated heterocycles. The number of aliphatic hydroxyl groups excluding tert-OH is 3. The first-order chi connectivity index (χ1) is 44.9. The minimum Gasteiger partial charge on any atom is -0.480 e. The summed E-state index contributed by atoms with van der Waals surface area (Å²) in [7, 11) is 7.10. The average molecular weight is 1330 g/mol. The van der Waals surface area contributed by atoms with E-state index in [1.54, 1.807) is 32.4 Å². The first kappa shape index (κ1) is 81.7. The SMILES string of the molecule is C=CC[C@@]1(CC(C)C)C[C@](C)(/C=N\NC)ON1Cc1ccccc1.CC[C@@]1(C)C[C@@](C/C=N\NC)(CC(C)C)N(CC(=O)O)O1.CN/N=C\[C@@]1(C)C[C@@](CCO)(CC(C)C)N(Cc2ccccc2)O1.CN/N=C\[C@@]1(C)C[C@](CC(C)C)(CC(O)CO)N(Cc2ccccc2)O1. The molecule has 3 aromatic rings. The van der Waals surface area contributed by atoms with Crippen LogP contribution in [0.2, 0.25) is 0 Å². The molecule has 4 fully saturated rings. The van der Waals surface area contributed by atoms with Gasteiger partial charge >= 0.3 is 5.97 Å². The van der Waals surface area contributed by atoms with Gasteiger partial charge in [0.05, 0.1) is 59.1 Å². The molecule has 7 rings (SSSR count). The molecule has 3 aromatic carbocycles. The molecule has 0 radical (unpaired) electrons. The minimum absolute atomic E-state index is 0.0553.